The second kappa shape index (κ2) is 11.0. The van der Waals surface area contributed by atoms with Crippen LogP contribution in [0.4, 0.5) is 13.9 Å². The normalized spacial score (nSPS) is 14.4. The standard InChI is InChI=1S/C21H20F2IN3O2S.ClH/c22-14-12-16(23)19-18(13-14)30-21(25-19)27(7-3-6-26-8-10-29-11-9-26)20(28)15-4-1-2-5-17(15)24;/h1-2,4-5,12-13H,3,6-11H2;1H. The molecular formula is C21H21ClF2IN3O2S. The number of nitrogens with zero attached hydrogens (tertiary/aromatic N) is 3. The van der Waals surface area contributed by atoms with Gasteiger partial charge in [-0.05, 0) is 47.2 Å². The van der Waals surface area contributed by atoms with Crippen LogP contribution < -0.4 is 4.90 Å². The Kier molecular flexibility index (Phi) is 8.57. The number of carbonyl (C=O) groups excluding carboxylic acids is 1. The number of rotatable bonds is 6. The van der Waals surface area contributed by atoms with Crippen molar-refractivity contribution >= 4 is 67.6 Å². The third-order valence-electron chi connectivity index (χ3n) is 4.94. The zero-order valence-corrected chi connectivity index (χ0v) is 20.3. The van der Waals surface area contributed by atoms with Crippen molar-refractivity contribution < 1.29 is 18.3 Å². The molecule has 1 aromatic heterocycles. The molecule has 1 saturated heterocycles. The fourth-order valence-electron chi connectivity index (χ4n) is 3.40. The number of anilines is 1. The molecule has 1 aliphatic heterocycles. The molecule has 0 N–H and O–H groups in total. The van der Waals surface area contributed by atoms with Crippen molar-refractivity contribution in [2.45, 2.75) is 6.42 Å². The van der Waals surface area contributed by atoms with E-state index < -0.39 is 11.6 Å². The third-order valence-corrected chi connectivity index (χ3v) is 6.91. The number of hydrogen-bond acceptors (Lipinski definition) is 5. The number of ether oxygens (including phenoxy) is 1. The Morgan fingerprint density at radius 2 is 1.97 bits per heavy atom. The lowest BCUT2D eigenvalue weighted by Gasteiger charge is -2.27. The largest absolute Gasteiger partial charge is 0.379 e. The van der Waals surface area contributed by atoms with Crippen molar-refractivity contribution in [2.75, 3.05) is 44.3 Å². The number of aromatic nitrogens is 1. The second-order valence-electron chi connectivity index (χ2n) is 6.97. The van der Waals surface area contributed by atoms with E-state index in [2.05, 4.69) is 32.5 Å². The molecule has 1 amide bonds. The van der Waals surface area contributed by atoms with E-state index >= 15 is 0 Å². The van der Waals surface area contributed by atoms with Gasteiger partial charge in [-0.1, -0.05) is 23.5 Å². The summed E-state index contributed by atoms with van der Waals surface area (Å²) in [6, 6.07) is 9.39. The number of benzene rings is 2. The van der Waals surface area contributed by atoms with Gasteiger partial charge in [-0.3, -0.25) is 14.6 Å². The number of carbonyl (C=O) groups is 1. The summed E-state index contributed by atoms with van der Waals surface area (Å²) in [6.07, 6.45) is 0.738. The Morgan fingerprint density at radius 3 is 2.71 bits per heavy atom. The maximum Gasteiger partial charge on any atom is 0.261 e. The number of fused-ring (bicyclic) bond motifs is 1. The van der Waals surface area contributed by atoms with Crippen LogP contribution in [-0.4, -0.2) is 55.2 Å². The predicted molar refractivity (Wildman–Crippen MR) is 129 cm³/mol. The van der Waals surface area contributed by atoms with Crippen molar-refractivity contribution in [3.63, 3.8) is 0 Å². The van der Waals surface area contributed by atoms with Gasteiger partial charge in [-0.2, -0.15) is 0 Å². The minimum Gasteiger partial charge on any atom is -0.379 e. The summed E-state index contributed by atoms with van der Waals surface area (Å²) >= 11 is 3.26. The summed E-state index contributed by atoms with van der Waals surface area (Å²) in [6.45, 7) is 4.44. The molecule has 1 aliphatic rings. The predicted octanol–water partition coefficient (Wildman–Crippen LogP) is 4.97. The number of amides is 1. The Labute approximate surface area is 202 Å². The van der Waals surface area contributed by atoms with E-state index in [4.69, 9.17) is 4.74 Å². The molecule has 5 nitrogen and oxygen atoms in total. The molecule has 0 spiro atoms. The van der Waals surface area contributed by atoms with Gasteiger partial charge < -0.3 is 4.74 Å². The highest BCUT2D eigenvalue weighted by Crippen LogP contribution is 2.32. The molecule has 2 aromatic carbocycles. The SMILES string of the molecule is Cl.O=C(c1ccccc1I)N(CCCN1CCOCC1)c1nc2c(F)cc(F)cc2s1. The molecule has 0 radical (unpaired) electrons. The summed E-state index contributed by atoms with van der Waals surface area (Å²) in [7, 11) is 0. The van der Waals surface area contributed by atoms with Gasteiger partial charge in [0.25, 0.3) is 5.91 Å². The van der Waals surface area contributed by atoms with Crippen LogP contribution in [0, 0.1) is 15.2 Å². The van der Waals surface area contributed by atoms with Crippen LogP contribution in [0.1, 0.15) is 16.8 Å². The number of thiazole rings is 1. The van der Waals surface area contributed by atoms with E-state index in [0.29, 0.717) is 35.2 Å². The van der Waals surface area contributed by atoms with Gasteiger partial charge in [0, 0.05) is 35.8 Å². The van der Waals surface area contributed by atoms with Gasteiger partial charge in [0.2, 0.25) is 0 Å². The smallest absolute Gasteiger partial charge is 0.261 e. The highest BCUT2D eigenvalue weighted by molar-refractivity contribution is 14.1. The summed E-state index contributed by atoms with van der Waals surface area (Å²) in [5.41, 5.74) is 0.653. The zero-order valence-electron chi connectivity index (χ0n) is 16.5. The quantitative estimate of drug-likeness (QED) is 0.387. The molecule has 0 aliphatic carbocycles. The van der Waals surface area contributed by atoms with E-state index in [-0.39, 0.29) is 23.8 Å². The minimum absolute atomic E-state index is 0. The van der Waals surface area contributed by atoms with E-state index in [0.717, 1.165) is 47.0 Å². The fraction of sp³-hybridized carbons (Fsp3) is 0.333. The highest BCUT2D eigenvalue weighted by atomic mass is 127. The molecule has 1 fully saturated rings. The minimum atomic E-state index is -0.720. The molecule has 2 heterocycles. The molecule has 0 bridgehead atoms. The van der Waals surface area contributed by atoms with Crippen LogP contribution in [0.5, 0.6) is 0 Å². The van der Waals surface area contributed by atoms with E-state index in [1.807, 2.05) is 18.2 Å². The lowest BCUT2D eigenvalue weighted by atomic mass is 10.2. The van der Waals surface area contributed by atoms with Crippen LogP contribution in [0.2, 0.25) is 0 Å². The summed E-state index contributed by atoms with van der Waals surface area (Å²) in [5, 5.41) is 0.376. The highest BCUT2D eigenvalue weighted by Gasteiger charge is 2.24. The van der Waals surface area contributed by atoms with Gasteiger partial charge in [0.05, 0.1) is 23.5 Å². The monoisotopic (exact) mass is 579 g/mol. The van der Waals surface area contributed by atoms with E-state index in [1.165, 1.54) is 6.07 Å². The molecule has 3 aromatic rings. The molecule has 166 valence electrons. The first-order valence-corrected chi connectivity index (χ1v) is 11.5. The van der Waals surface area contributed by atoms with Gasteiger partial charge in [-0.15, -0.1) is 12.4 Å². The van der Waals surface area contributed by atoms with Gasteiger partial charge in [0.15, 0.2) is 10.9 Å². The summed E-state index contributed by atoms with van der Waals surface area (Å²) in [4.78, 5) is 21.6. The van der Waals surface area contributed by atoms with Crippen LogP contribution in [0.25, 0.3) is 10.2 Å². The molecule has 4 rings (SSSR count). The van der Waals surface area contributed by atoms with Crippen molar-refractivity contribution in [1.29, 1.82) is 0 Å². The van der Waals surface area contributed by atoms with E-state index in [1.54, 1.807) is 11.0 Å². The number of hydrogen-bond donors (Lipinski definition) is 0. The first-order chi connectivity index (χ1) is 14.5. The van der Waals surface area contributed by atoms with Crippen molar-refractivity contribution in [1.82, 2.24) is 9.88 Å². The maximum atomic E-state index is 14.2. The third kappa shape index (κ3) is 5.70. The fourth-order valence-corrected chi connectivity index (χ4v) is 5.05. The Hall–Kier alpha value is -1.40. The molecule has 10 heteroatoms. The number of halogens is 4. The summed E-state index contributed by atoms with van der Waals surface area (Å²) < 4.78 is 34.4. The second-order valence-corrected chi connectivity index (χ2v) is 9.15. The Morgan fingerprint density at radius 1 is 1.23 bits per heavy atom. The molecule has 0 atom stereocenters. The van der Waals surface area contributed by atoms with Crippen LogP contribution in [0.3, 0.4) is 0 Å². The van der Waals surface area contributed by atoms with Crippen LogP contribution >= 0.6 is 46.3 Å². The maximum absolute atomic E-state index is 14.2. The average molecular weight is 580 g/mol. The van der Waals surface area contributed by atoms with Gasteiger partial charge in [-0.25, -0.2) is 13.8 Å². The van der Waals surface area contributed by atoms with Crippen molar-refractivity contribution in [2.24, 2.45) is 0 Å². The lowest BCUT2D eigenvalue weighted by molar-refractivity contribution is 0.0376. The molecular weight excluding hydrogens is 559 g/mol. The number of morpholine rings is 1. The Balaban J connectivity index is 0.00000272. The van der Waals surface area contributed by atoms with Gasteiger partial charge in [0.1, 0.15) is 11.3 Å². The average Bonchev–Trinajstić information content (AvgIpc) is 3.16. The first kappa shape index (κ1) is 24.2. The molecule has 31 heavy (non-hydrogen) atoms. The lowest BCUT2D eigenvalue weighted by Crippen LogP contribution is -2.39. The van der Waals surface area contributed by atoms with Crippen molar-refractivity contribution in [3.8, 4) is 0 Å². The van der Waals surface area contributed by atoms with E-state index in [9.17, 15) is 13.6 Å². The van der Waals surface area contributed by atoms with Crippen molar-refractivity contribution in [3.05, 3.63) is 57.2 Å². The first-order valence-electron chi connectivity index (χ1n) is 9.65. The van der Waals surface area contributed by atoms with Crippen LogP contribution in [-0.2, 0) is 4.74 Å². The molecule has 0 unspecified atom stereocenters. The van der Waals surface area contributed by atoms with Gasteiger partial charge >= 0.3 is 0 Å². The van der Waals surface area contributed by atoms with Crippen LogP contribution in [0.15, 0.2) is 36.4 Å². The molecule has 0 saturated carbocycles. The summed E-state index contributed by atoms with van der Waals surface area (Å²) in [5.74, 6) is -1.57. The topological polar surface area (TPSA) is 45.7 Å². The Bertz CT molecular complexity index is 1060. The zero-order chi connectivity index (χ0) is 21.1.